The Kier molecular flexibility index (Phi) is 4.61. The summed E-state index contributed by atoms with van der Waals surface area (Å²) < 4.78 is 35.5. The number of aryl methyl sites for hydroxylation is 1. The number of ether oxygens (including phenoxy) is 1. The average Bonchev–Trinajstić information content (AvgIpc) is 3.12. The molecule has 0 bridgehead atoms. The van der Waals surface area contributed by atoms with Crippen LogP contribution < -0.4 is 15.8 Å². The second-order valence-electron chi connectivity index (χ2n) is 6.14. The molecule has 0 spiro atoms. The van der Waals surface area contributed by atoms with E-state index in [1.165, 1.54) is 10.8 Å². The van der Waals surface area contributed by atoms with Gasteiger partial charge in [0.05, 0.1) is 13.2 Å². The van der Waals surface area contributed by atoms with Gasteiger partial charge in [0.1, 0.15) is 11.9 Å². The summed E-state index contributed by atoms with van der Waals surface area (Å²) in [6.45, 7) is 1.64. The fourth-order valence-corrected chi connectivity index (χ4v) is 3.98. The summed E-state index contributed by atoms with van der Waals surface area (Å²) >= 11 is 0. The number of hydrogen-bond acceptors (Lipinski definition) is 7. The van der Waals surface area contributed by atoms with Crippen LogP contribution in [0, 0.1) is 6.92 Å². The minimum Gasteiger partial charge on any atom is -0.404 e. The van der Waals surface area contributed by atoms with Crippen molar-refractivity contribution in [1.82, 2.24) is 9.55 Å². The Morgan fingerprint density at radius 2 is 2.11 bits per heavy atom. The van der Waals surface area contributed by atoms with Crippen molar-refractivity contribution in [2.24, 2.45) is 0 Å². The van der Waals surface area contributed by atoms with E-state index < -0.39 is 31.4 Å². The number of aromatic nitrogens is 2. The molecule has 0 saturated carbocycles. The van der Waals surface area contributed by atoms with E-state index in [9.17, 15) is 14.2 Å². The van der Waals surface area contributed by atoms with Gasteiger partial charge < -0.3 is 9.26 Å². The summed E-state index contributed by atoms with van der Waals surface area (Å²) in [6.07, 6.45) is 3.51. The number of rotatable bonds is 4. The number of hydrogen-bond donors (Lipinski definition) is 1. The molecule has 0 amide bonds. The van der Waals surface area contributed by atoms with Gasteiger partial charge in [-0.3, -0.25) is 23.4 Å². The van der Waals surface area contributed by atoms with Gasteiger partial charge in [-0.15, -0.1) is 0 Å². The van der Waals surface area contributed by atoms with Gasteiger partial charge in [0.2, 0.25) is 0 Å². The molecule has 27 heavy (non-hydrogen) atoms. The maximum Gasteiger partial charge on any atom is 0.530 e. The Morgan fingerprint density at radius 3 is 2.96 bits per heavy atom. The van der Waals surface area contributed by atoms with Crippen molar-refractivity contribution in [3.63, 3.8) is 0 Å². The van der Waals surface area contributed by atoms with Crippen LogP contribution in [0.4, 0.5) is 0 Å². The monoisotopic (exact) mass is 392 g/mol. The van der Waals surface area contributed by atoms with Crippen LogP contribution in [0.2, 0.25) is 0 Å². The molecule has 0 saturated heterocycles. The van der Waals surface area contributed by atoms with Gasteiger partial charge >= 0.3 is 13.5 Å². The highest BCUT2D eigenvalue weighted by Crippen LogP contribution is 2.54. The van der Waals surface area contributed by atoms with Gasteiger partial charge in [0.25, 0.3) is 5.56 Å². The van der Waals surface area contributed by atoms with Crippen LogP contribution >= 0.6 is 7.82 Å². The fraction of sp³-hybridized carbons (Fsp3) is 0.294. The molecule has 0 radical (unpaired) electrons. The van der Waals surface area contributed by atoms with Crippen LogP contribution in [-0.2, 0) is 25.0 Å². The highest BCUT2D eigenvalue weighted by molar-refractivity contribution is 7.49. The third kappa shape index (κ3) is 3.68. The van der Waals surface area contributed by atoms with Gasteiger partial charge in [0, 0.05) is 17.3 Å². The number of benzene rings is 1. The second-order valence-corrected chi connectivity index (χ2v) is 7.74. The van der Waals surface area contributed by atoms with Crippen LogP contribution in [0.3, 0.4) is 0 Å². The molecule has 4 rings (SSSR count). The first kappa shape index (κ1) is 17.9. The maximum absolute atomic E-state index is 12.6. The number of phosphoric ester groups is 1. The zero-order chi connectivity index (χ0) is 19.0. The van der Waals surface area contributed by atoms with Crippen molar-refractivity contribution in [3.8, 4) is 5.75 Å². The zero-order valence-corrected chi connectivity index (χ0v) is 15.3. The molecule has 10 heteroatoms. The van der Waals surface area contributed by atoms with E-state index >= 15 is 0 Å². The first-order chi connectivity index (χ1) is 12.9. The Hall–Kier alpha value is -2.45. The van der Waals surface area contributed by atoms with Crippen LogP contribution in [0.1, 0.15) is 17.4 Å². The van der Waals surface area contributed by atoms with Gasteiger partial charge in [-0.25, -0.2) is 9.36 Å². The highest BCUT2D eigenvalue weighted by atomic mass is 31.2. The third-order valence-corrected chi connectivity index (χ3v) is 5.51. The summed E-state index contributed by atoms with van der Waals surface area (Å²) in [5.41, 5.74) is 0.157. The van der Waals surface area contributed by atoms with Crippen LogP contribution in [-0.4, -0.2) is 22.3 Å². The standard InChI is InChI=1S/C17H17N2O7P/c1-11-8-19(17(21)18-16(11)20)15-7-6-13(25-15)10-24-27(22)23-9-12-4-2-3-5-14(12)26-27/h2-8,13,15H,9-10H2,1H3,(H,18,20,21)/t13?,15?,27-/m1/s1. The van der Waals surface area contributed by atoms with Crippen molar-refractivity contribution in [1.29, 1.82) is 0 Å². The second kappa shape index (κ2) is 6.94. The molecular weight excluding hydrogens is 375 g/mol. The molecule has 2 aliphatic heterocycles. The lowest BCUT2D eigenvalue weighted by molar-refractivity contribution is -0.0130. The SMILES string of the molecule is Cc1cn(C2C=CC(CO[P@@]3(=O)OCc4ccccc4O3)O2)c(=O)[nH]c1=O. The molecule has 142 valence electrons. The number of para-hydroxylation sites is 1. The third-order valence-electron chi connectivity index (χ3n) is 4.18. The molecule has 2 aromatic rings. The molecule has 0 fully saturated rings. The molecule has 2 unspecified atom stereocenters. The van der Waals surface area contributed by atoms with Crippen LogP contribution in [0.25, 0.3) is 0 Å². The largest absolute Gasteiger partial charge is 0.530 e. The Balaban J connectivity index is 1.39. The summed E-state index contributed by atoms with van der Waals surface area (Å²) in [4.78, 5) is 25.6. The Morgan fingerprint density at radius 1 is 1.30 bits per heavy atom. The number of nitrogens with one attached hydrogen (secondary N) is 1. The smallest absolute Gasteiger partial charge is 0.404 e. The van der Waals surface area contributed by atoms with E-state index in [4.69, 9.17) is 18.3 Å². The molecule has 2 aliphatic rings. The lowest BCUT2D eigenvalue weighted by Gasteiger charge is -2.25. The Bertz CT molecular complexity index is 1060. The van der Waals surface area contributed by atoms with Crippen molar-refractivity contribution in [2.75, 3.05) is 6.61 Å². The summed E-state index contributed by atoms with van der Waals surface area (Å²) in [6, 6.07) is 7.11. The van der Waals surface area contributed by atoms with Crippen LogP contribution in [0.5, 0.6) is 5.75 Å². The summed E-state index contributed by atoms with van der Waals surface area (Å²) in [5.74, 6) is 0.461. The van der Waals surface area contributed by atoms with E-state index in [2.05, 4.69) is 4.98 Å². The minimum atomic E-state index is -3.74. The van der Waals surface area contributed by atoms with Gasteiger partial charge in [-0.2, -0.15) is 0 Å². The average molecular weight is 392 g/mol. The first-order valence-electron chi connectivity index (χ1n) is 8.26. The fourth-order valence-electron chi connectivity index (χ4n) is 2.75. The summed E-state index contributed by atoms with van der Waals surface area (Å²) in [5, 5.41) is 0. The molecule has 1 aromatic carbocycles. The number of fused-ring (bicyclic) bond motifs is 1. The number of H-pyrrole nitrogens is 1. The molecule has 3 heterocycles. The molecule has 1 aromatic heterocycles. The highest BCUT2D eigenvalue weighted by Gasteiger charge is 2.35. The maximum atomic E-state index is 12.6. The minimum absolute atomic E-state index is 0.0798. The van der Waals surface area contributed by atoms with Gasteiger partial charge in [-0.05, 0) is 19.1 Å². The van der Waals surface area contributed by atoms with Crippen molar-refractivity contribution in [3.05, 3.63) is 74.6 Å². The van der Waals surface area contributed by atoms with Gasteiger partial charge in [0.15, 0.2) is 6.23 Å². The Labute approximate surface area is 153 Å². The predicted octanol–water partition coefficient (Wildman–Crippen LogP) is 2.03. The number of aromatic amines is 1. The van der Waals surface area contributed by atoms with E-state index in [1.54, 1.807) is 31.2 Å². The van der Waals surface area contributed by atoms with Crippen molar-refractivity contribution >= 4 is 7.82 Å². The van der Waals surface area contributed by atoms with E-state index in [1.807, 2.05) is 12.1 Å². The molecule has 3 atom stereocenters. The molecule has 1 N–H and O–H groups in total. The topological polar surface area (TPSA) is 109 Å². The van der Waals surface area contributed by atoms with E-state index in [0.29, 0.717) is 11.3 Å². The number of nitrogens with zero attached hydrogens (tertiary/aromatic N) is 1. The first-order valence-corrected chi connectivity index (χ1v) is 9.72. The zero-order valence-electron chi connectivity index (χ0n) is 14.4. The van der Waals surface area contributed by atoms with Gasteiger partial charge in [-0.1, -0.05) is 24.3 Å². The van der Waals surface area contributed by atoms with Crippen LogP contribution in [0.15, 0.2) is 52.2 Å². The predicted molar refractivity (Wildman–Crippen MR) is 94.5 cm³/mol. The van der Waals surface area contributed by atoms with Crippen molar-refractivity contribution in [2.45, 2.75) is 25.9 Å². The normalized spacial score (nSPS) is 26.6. The lowest BCUT2D eigenvalue weighted by atomic mass is 10.2. The van der Waals surface area contributed by atoms with Crippen molar-refractivity contribution < 1.29 is 22.9 Å². The lowest BCUT2D eigenvalue weighted by Crippen LogP contribution is -2.33. The molecular formula is C17H17N2O7P. The van der Waals surface area contributed by atoms with E-state index in [-0.39, 0.29) is 13.2 Å². The summed E-state index contributed by atoms with van der Waals surface area (Å²) in [7, 11) is -3.74. The molecule has 9 nitrogen and oxygen atoms in total. The van der Waals surface area contributed by atoms with E-state index in [0.717, 1.165) is 5.56 Å². The molecule has 0 aliphatic carbocycles. The number of phosphoric acid groups is 1. The quantitative estimate of drug-likeness (QED) is 0.626.